The highest BCUT2D eigenvalue weighted by Crippen LogP contribution is 2.30. The van der Waals surface area contributed by atoms with Crippen molar-refractivity contribution in [2.24, 2.45) is 0 Å². The third-order valence-electron chi connectivity index (χ3n) is 5.30. The minimum atomic E-state index is -0.311. The Labute approximate surface area is 169 Å². The summed E-state index contributed by atoms with van der Waals surface area (Å²) in [6.07, 6.45) is 0. The lowest BCUT2D eigenvalue weighted by Gasteiger charge is -2.42. The topological polar surface area (TPSA) is 71.3 Å². The number of furan rings is 1. The van der Waals surface area contributed by atoms with E-state index in [0.29, 0.717) is 29.0 Å². The van der Waals surface area contributed by atoms with Gasteiger partial charge in [-0.2, -0.15) is 0 Å². The number of nitrogens with zero attached hydrogens (tertiary/aromatic N) is 3. The fourth-order valence-corrected chi connectivity index (χ4v) is 3.67. The first-order valence-electron chi connectivity index (χ1n) is 9.86. The van der Waals surface area contributed by atoms with E-state index in [1.807, 2.05) is 32.6 Å². The number of carbonyl (C=O) groups excluding carboxylic acids is 1. The standard InChI is InChI=1S/C22H25FN4O2/c1-13(2)18-19-16(25-20(26-18)14-5-7-15(23)8-6-14)11-17(29-19)21(28)27-10-9-24-12-22(27,3)4/h5-8,11,13,24H,9-10,12H2,1-4H3. The number of nitrogens with one attached hydrogen (secondary N) is 1. The number of carbonyl (C=O) groups is 1. The van der Waals surface area contributed by atoms with Gasteiger partial charge in [-0.3, -0.25) is 4.79 Å². The van der Waals surface area contributed by atoms with E-state index in [2.05, 4.69) is 15.3 Å². The first kappa shape index (κ1) is 19.5. The first-order chi connectivity index (χ1) is 13.8. The van der Waals surface area contributed by atoms with Crippen molar-refractivity contribution in [3.8, 4) is 11.4 Å². The number of aromatic nitrogens is 2. The molecule has 1 aliphatic heterocycles. The van der Waals surface area contributed by atoms with Gasteiger partial charge in [0.05, 0.1) is 11.2 Å². The average Bonchev–Trinajstić information content (AvgIpc) is 3.11. The Morgan fingerprint density at radius 3 is 2.62 bits per heavy atom. The van der Waals surface area contributed by atoms with Gasteiger partial charge < -0.3 is 14.6 Å². The van der Waals surface area contributed by atoms with Crippen LogP contribution in [0.2, 0.25) is 0 Å². The molecule has 0 spiro atoms. The average molecular weight is 396 g/mol. The van der Waals surface area contributed by atoms with Gasteiger partial charge in [0.2, 0.25) is 0 Å². The van der Waals surface area contributed by atoms with Gasteiger partial charge in [-0.1, -0.05) is 13.8 Å². The zero-order chi connectivity index (χ0) is 20.8. The number of amides is 1. The SMILES string of the molecule is CC(C)c1nc(-c2ccc(F)cc2)nc2cc(C(=O)N3CCNCC3(C)C)oc12. The normalized spacial score (nSPS) is 16.6. The maximum Gasteiger partial charge on any atom is 0.290 e. The number of halogens is 1. The van der Waals surface area contributed by atoms with E-state index in [-0.39, 0.29) is 28.9 Å². The van der Waals surface area contributed by atoms with Gasteiger partial charge in [-0.05, 0) is 44.0 Å². The lowest BCUT2D eigenvalue weighted by molar-refractivity contribution is 0.0448. The fraction of sp³-hybridized carbons (Fsp3) is 0.409. The van der Waals surface area contributed by atoms with E-state index in [0.717, 1.165) is 18.8 Å². The predicted molar refractivity (Wildman–Crippen MR) is 109 cm³/mol. The summed E-state index contributed by atoms with van der Waals surface area (Å²) in [7, 11) is 0. The smallest absolute Gasteiger partial charge is 0.290 e. The molecule has 1 saturated heterocycles. The van der Waals surface area contributed by atoms with Crippen molar-refractivity contribution in [3.63, 3.8) is 0 Å². The van der Waals surface area contributed by atoms with E-state index >= 15 is 0 Å². The summed E-state index contributed by atoms with van der Waals surface area (Å²) in [4.78, 5) is 24.3. The molecule has 6 nitrogen and oxygen atoms in total. The Morgan fingerprint density at radius 1 is 1.24 bits per heavy atom. The molecule has 7 heteroatoms. The lowest BCUT2D eigenvalue weighted by atomic mass is 10.00. The van der Waals surface area contributed by atoms with Crippen molar-refractivity contribution in [1.29, 1.82) is 0 Å². The zero-order valence-corrected chi connectivity index (χ0v) is 17.1. The second-order valence-corrected chi connectivity index (χ2v) is 8.37. The molecule has 4 rings (SSSR count). The maximum atomic E-state index is 13.3. The third kappa shape index (κ3) is 3.62. The van der Waals surface area contributed by atoms with E-state index in [9.17, 15) is 9.18 Å². The molecule has 2 aromatic heterocycles. The molecule has 0 aliphatic carbocycles. The van der Waals surface area contributed by atoms with Gasteiger partial charge in [0.15, 0.2) is 17.2 Å². The Bertz CT molecular complexity index is 1060. The Balaban J connectivity index is 1.79. The van der Waals surface area contributed by atoms with Crippen LogP contribution in [0.25, 0.3) is 22.5 Å². The van der Waals surface area contributed by atoms with E-state index in [4.69, 9.17) is 4.42 Å². The molecular formula is C22H25FN4O2. The lowest BCUT2D eigenvalue weighted by Crippen LogP contribution is -2.59. The minimum Gasteiger partial charge on any atom is -0.447 e. The minimum absolute atomic E-state index is 0.0735. The number of piperazine rings is 1. The summed E-state index contributed by atoms with van der Waals surface area (Å²) in [6, 6.07) is 7.76. The largest absolute Gasteiger partial charge is 0.447 e. The van der Waals surface area contributed by atoms with Crippen LogP contribution in [0.15, 0.2) is 34.7 Å². The molecule has 1 fully saturated rings. The third-order valence-corrected chi connectivity index (χ3v) is 5.30. The van der Waals surface area contributed by atoms with Crippen LogP contribution in [0.1, 0.15) is 49.9 Å². The van der Waals surface area contributed by atoms with Crippen molar-refractivity contribution in [2.45, 2.75) is 39.2 Å². The summed E-state index contributed by atoms with van der Waals surface area (Å²) in [5, 5.41) is 3.32. The van der Waals surface area contributed by atoms with Crippen LogP contribution in [-0.4, -0.2) is 45.9 Å². The Hall–Kier alpha value is -2.80. The Kier molecular flexibility index (Phi) is 4.86. The van der Waals surface area contributed by atoms with Crippen molar-refractivity contribution >= 4 is 17.0 Å². The molecule has 0 unspecified atom stereocenters. The maximum absolute atomic E-state index is 13.3. The van der Waals surface area contributed by atoms with Gasteiger partial charge in [-0.15, -0.1) is 0 Å². The number of benzene rings is 1. The van der Waals surface area contributed by atoms with Crippen LogP contribution in [0, 0.1) is 5.82 Å². The fourth-order valence-electron chi connectivity index (χ4n) is 3.67. The van der Waals surface area contributed by atoms with E-state index in [1.165, 1.54) is 12.1 Å². The zero-order valence-electron chi connectivity index (χ0n) is 17.1. The second-order valence-electron chi connectivity index (χ2n) is 8.37. The monoisotopic (exact) mass is 396 g/mol. The first-order valence-corrected chi connectivity index (χ1v) is 9.86. The summed E-state index contributed by atoms with van der Waals surface area (Å²) in [6.45, 7) is 10.2. The van der Waals surface area contributed by atoms with Crippen molar-refractivity contribution in [1.82, 2.24) is 20.2 Å². The van der Waals surface area contributed by atoms with Crippen molar-refractivity contribution < 1.29 is 13.6 Å². The van der Waals surface area contributed by atoms with Crippen molar-refractivity contribution in [2.75, 3.05) is 19.6 Å². The van der Waals surface area contributed by atoms with E-state index < -0.39 is 0 Å². The quantitative estimate of drug-likeness (QED) is 0.725. The molecule has 1 aliphatic rings. The molecular weight excluding hydrogens is 371 g/mol. The van der Waals surface area contributed by atoms with Gasteiger partial charge in [0.25, 0.3) is 5.91 Å². The molecule has 29 heavy (non-hydrogen) atoms. The van der Waals surface area contributed by atoms with E-state index in [1.54, 1.807) is 18.2 Å². The van der Waals surface area contributed by atoms with Crippen LogP contribution in [-0.2, 0) is 0 Å². The van der Waals surface area contributed by atoms with Crippen LogP contribution in [0.5, 0.6) is 0 Å². The number of hydrogen-bond acceptors (Lipinski definition) is 5. The summed E-state index contributed by atoms with van der Waals surface area (Å²) < 4.78 is 19.3. The number of fused-ring (bicyclic) bond motifs is 1. The van der Waals surface area contributed by atoms with Gasteiger partial charge >= 0.3 is 0 Å². The summed E-state index contributed by atoms with van der Waals surface area (Å²) in [5.74, 6) is 0.372. The van der Waals surface area contributed by atoms with Crippen LogP contribution < -0.4 is 5.32 Å². The highest BCUT2D eigenvalue weighted by Gasteiger charge is 2.35. The van der Waals surface area contributed by atoms with Gasteiger partial charge in [0, 0.05) is 31.3 Å². The summed E-state index contributed by atoms with van der Waals surface area (Å²) >= 11 is 0. The predicted octanol–water partition coefficient (Wildman–Crippen LogP) is 3.98. The number of rotatable bonds is 3. The highest BCUT2D eigenvalue weighted by molar-refractivity contribution is 5.96. The van der Waals surface area contributed by atoms with Crippen molar-refractivity contribution in [3.05, 3.63) is 47.6 Å². The molecule has 0 radical (unpaired) electrons. The second kappa shape index (κ2) is 7.22. The molecule has 0 atom stereocenters. The molecule has 3 heterocycles. The molecule has 152 valence electrons. The van der Waals surface area contributed by atoms with Crippen LogP contribution in [0.3, 0.4) is 0 Å². The van der Waals surface area contributed by atoms with Crippen LogP contribution >= 0.6 is 0 Å². The highest BCUT2D eigenvalue weighted by atomic mass is 19.1. The molecule has 3 aromatic rings. The molecule has 1 amide bonds. The van der Waals surface area contributed by atoms with Crippen LogP contribution in [0.4, 0.5) is 4.39 Å². The molecule has 0 bridgehead atoms. The number of hydrogen-bond donors (Lipinski definition) is 1. The Morgan fingerprint density at radius 2 is 1.97 bits per heavy atom. The molecule has 0 saturated carbocycles. The summed E-state index contributed by atoms with van der Waals surface area (Å²) in [5.41, 5.74) is 2.25. The van der Waals surface area contributed by atoms with Gasteiger partial charge in [-0.25, -0.2) is 14.4 Å². The van der Waals surface area contributed by atoms with Gasteiger partial charge in [0.1, 0.15) is 11.3 Å². The molecule has 1 N–H and O–H groups in total. The molecule has 1 aromatic carbocycles.